The summed E-state index contributed by atoms with van der Waals surface area (Å²) in [7, 11) is 0. The second-order valence-electron chi connectivity index (χ2n) is 5.94. The molecule has 0 aliphatic heterocycles. The van der Waals surface area contributed by atoms with Crippen LogP contribution in [0, 0.1) is 0 Å². The van der Waals surface area contributed by atoms with E-state index in [4.69, 9.17) is 14.6 Å². The Kier molecular flexibility index (Phi) is 7.14. The van der Waals surface area contributed by atoms with E-state index in [0.29, 0.717) is 30.3 Å². The Bertz CT molecular complexity index is 877. The first kappa shape index (κ1) is 21.0. The van der Waals surface area contributed by atoms with Crippen molar-refractivity contribution in [2.75, 3.05) is 13.2 Å². The van der Waals surface area contributed by atoms with E-state index in [1.807, 2.05) is 13.8 Å². The van der Waals surface area contributed by atoms with Crippen LogP contribution in [0.3, 0.4) is 0 Å². The predicted molar refractivity (Wildman–Crippen MR) is 103 cm³/mol. The van der Waals surface area contributed by atoms with E-state index in [9.17, 15) is 14.4 Å². The highest BCUT2D eigenvalue weighted by molar-refractivity contribution is 6.15. The molecular formula is C21H23NO6. The molecule has 7 heteroatoms. The third-order valence-electron chi connectivity index (χ3n) is 3.94. The number of carbonyl (C=O) groups excluding carboxylic acids is 2. The summed E-state index contributed by atoms with van der Waals surface area (Å²) in [6, 6.07) is 10.0. The molecule has 28 heavy (non-hydrogen) atoms. The summed E-state index contributed by atoms with van der Waals surface area (Å²) in [5, 5.41) is 11.3. The predicted octanol–water partition coefficient (Wildman–Crippen LogP) is 2.92. The Morgan fingerprint density at radius 1 is 0.964 bits per heavy atom. The van der Waals surface area contributed by atoms with E-state index in [-0.39, 0.29) is 16.9 Å². The maximum atomic E-state index is 13.0. The number of rotatable bonds is 9. The maximum absolute atomic E-state index is 13.0. The van der Waals surface area contributed by atoms with Crippen molar-refractivity contribution in [1.29, 1.82) is 0 Å². The summed E-state index contributed by atoms with van der Waals surface area (Å²) in [5.74, 6) is -1.20. The molecule has 0 aliphatic rings. The summed E-state index contributed by atoms with van der Waals surface area (Å²) >= 11 is 0. The smallest absolute Gasteiger partial charge is 0.325 e. The molecule has 1 atom stereocenters. The van der Waals surface area contributed by atoms with E-state index >= 15 is 0 Å². The number of carbonyl (C=O) groups is 3. The number of nitrogens with one attached hydrogen (secondary N) is 1. The van der Waals surface area contributed by atoms with Crippen molar-refractivity contribution < 1.29 is 29.0 Å². The number of carboxylic acid groups (broad SMARTS) is 1. The normalized spacial score (nSPS) is 11.4. The van der Waals surface area contributed by atoms with Crippen LogP contribution in [0.4, 0.5) is 0 Å². The minimum absolute atomic E-state index is 0.104. The van der Waals surface area contributed by atoms with E-state index in [1.54, 1.807) is 30.3 Å². The van der Waals surface area contributed by atoms with Gasteiger partial charge in [0.25, 0.3) is 5.91 Å². The van der Waals surface area contributed by atoms with Gasteiger partial charge in [0.05, 0.1) is 18.8 Å². The number of aliphatic carboxylic acids is 1. The van der Waals surface area contributed by atoms with Gasteiger partial charge in [-0.2, -0.15) is 0 Å². The van der Waals surface area contributed by atoms with E-state index in [0.717, 1.165) is 0 Å². The molecule has 0 heterocycles. The SMILES string of the molecule is CCOc1ccc(C(=O)c2ccccc2C(=O)N[C@H](C)C(=O)O)cc1OCC. The highest BCUT2D eigenvalue weighted by atomic mass is 16.5. The van der Waals surface area contributed by atoms with Crippen LogP contribution >= 0.6 is 0 Å². The van der Waals surface area contributed by atoms with Crippen LogP contribution in [0.25, 0.3) is 0 Å². The Balaban J connectivity index is 2.38. The van der Waals surface area contributed by atoms with Gasteiger partial charge < -0.3 is 19.9 Å². The molecule has 2 aromatic carbocycles. The molecule has 2 rings (SSSR count). The summed E-state index contributed by atoms with van der Waals surface area (Å²) in [5.41, 5.74) is 0.607. The lowest BCUT2D eigenvalue weighted by molar-refractivity contribution is -0.138. The highest BCUT2D eigenvalue weighted by Gasteiger charge is 2.22. The molecule has 0 saturated heterocycles. The highest BCUT2D eigenvalue weighted by Crippen LogP contribution is 2.29. The first-order valence-corrected chi connectivity index (χ1v) is 8.96. The second kappa shape index (κ2) is 9.55. The minimum Gasteiger partial charge on any atom is -0.490 e. The van der Waals surface area contributed by atoms with Gasteiger partial charge in [0.15, 0.2) is 17.3 Å². The van der Waals surface area contributed by atoms with Gasteiger partial charge in [0.2, 0.25) is 0 Å². The fourth-order valence-electron chi connectivity index (χ4n) is 2.56. The van der Waals surface area contributed by atoms with Crippen molar-refractivity contribution in [2.24, 2.45) is 0 Å². The fourth-order valence-corrected chi connectivity index (χ4v) is 2.56. The Labute approximate surface area is 163 Å². The average Bonchev–Trinajstić information content (AvgIpc) is 2.69. The molecule has 0 aromatic heterocycles. The van der Waals surface area contributed by atoms with Crippen LogP contribution in [-0.2, 0) is 4.79 Å². The third kappa shape index (κ3) is 4.88. The van der Waals surface area contributed by atoms with Gasteiger partial charge in [0, 0.05) is 11.1 Å². The van der Waals surface area contributed by atoms with Crippen LogP contribution in [0.1, 0.15) is 47.1 Å². The summed E-state index contributed by atoms with van der Waals surface area (Å²) in [4.78, 5) is 36.5. The lowest BCUT2D eigenvalue weighted by Gasteiger charge is -2.14. The number of hydrogen-bond donors (Lipinski definition) is 2. The van der Waals surface area contributed by atoms with Gasteiger partial charge in [-0.25, -0.2) is 0 Å². The molecule has 2 aromatic rings. The molecule has 0 fully saturated rings. The van der Waals surface area contributed by atoms with Gasteiger partial charge in [-0.3, -0.25) is 14.4 Å². The lowest BCUT2D eigenvalue weighted by Crippen LogP contribution is -2.38. The van der Waals surface area contributed by atoms with Crippen molar-refractivity contribution in [3.8, 4) is 11.5 Å². The first-order valence-electron chi connectivity index (χ1n) is 8.96. The quantitative estimate of drug-likeness (QED) is 0.644. The minimum atomic E-state index is -1.16. The van der Waals surface area contributed by atoms with Crippen LogP contribution in [0.15, 0.2) is 42.5 Å². The Morgan fingerprint density at radius 3 is 2.18 bits per heavy atom. The molecule has 2 N–H and O–H groups in total. The van der Waals surface area contributed by atoms with E-state index in [1.165, 1.54) is 19.1 Å². The molecule has 148 valence electrons. The van der Waals surface area contributed by atoms with Gasteiger partial charge in [-0.1, -0.05) is 18.2 Å². The second-order valence-corrected chi connectivity index (χ2v) is 5.94. The summed E-state index contributed by atoms with van der Waals surface area (Å²) in [6.07, 6.45) is 0. The van der Waals surface area contributed by atoms with Crippen molar-refractivity contribution in [1.82, 2.24) is 5.32 Å². The molecule has 0 saturated carbocycles. The van der Waals surface area contributed by atoms with Crippen LogP contribution in [0.5, 0.6) is 11.5 Å². The van der Waals surface area contributed by atoms with Crippen molar-refractivity contribution >= 4 is 17.7 Å². The number of ketones is 1. The third-order valence-corrected chi connectivity index (χ3v) is 3.94. The molecule has 0 radical (unpaired) electrons. The maximum Gasteiger partial charge on any atom is 0.325 e. The molecule has 0 spiro atoms. The summed E-state index contributed by atoms with van der Waals surface area (Å²) in [6.45, 7) is 5.89. The number of carboxylic acids is 1. The zero-order valence-corrected chi connectivity index (χ0v) is 16.0. The van der Waals surface area contributed by atoms with E-state index in [2.05, 4.69) is 5.32 Å². The van der Waals surface area contributed by atoms with Gasteiger partial charge >= 0.3 is 5.97 Å². The zero-order chi connectivity index (χ0) is 20.7. The number of benzene rings is 2. The molecule has 0 unspecified atom stereocenters. The molecule has 1 amide bonds. The monoisotopic (exact) mass is 385 g/mol. The van der Waals surface area contributed by atoms with Crippen molar-refractivity contribution in [3.63, 3.8) is 0 Å². The molecule has 0 bridgehead atoms. The van der Waals surface area contributed by atoms with Crippen LogP contribution in [0.2, 0.25) is 0 Å². The largest absolute Gasteiger partial charge is 0.490 e. The van der Waals surface area contributed by atoms with Gasteiger partial charge in [0.1, 0.15) is 6.04 Å². The van der Waals surface area contributed by atoms with Crippen molar-refractivity contribution in [2.45, 2.75) is 26.8 Å². The Morgan fingerprint density at radius 2 is 1.57 bits per heavy atom. The van der Waals surface area contributed by atoms with Crippen LogP contribution < -0.4 is 14.8 Å². The van der Waals surface area contributed by atoms with Crippen molar-refractivity contribution in [3.05, 3.63) is 59.2 Å². The number of hydrogen-bond acceptors (Lipinski definition) is 5. The van der Waals surface area contributed by atoms with Crippen LogP contribution in [-0.4, -0.2) is 42.0 Å². The topological polar surface area (TPSA) is 102 Å². The zero-order valence-electron chi connectivity index (χ0n) is 16.0. The first-order chi connectivity index (χ1) is 13.4. The number of amides is 1. The average molecular weight is 385 g/mol. The van der Waals surface area contributed by atoms with Gasteiger partial charge in [-0.15, -0.1) is 0 Å². The number of ether oxygens (including phenoxy) is 2. The molecular weight excluding hydrogens is 362 g/mol. The fraction of sp³-hybridized carbons (Fsp3) is 0.286. The molecule has 7 nitrogen and oxygen atoms in total. The standard InChI is InChI=1S/C21H23NO6/c1-4-27-17-11-10-14(12-18(17)28-5-2)19(23)15-8-6-7-9-16(15)20(24)22-13(3)21(25)26/h6-13H,4-5H2,1-3H3,(H,22,24)(H,25,26)/t13-/m1/s1. The Hall–Kier alpha value is -3.35. The lowest BCUT2D eigenvalue weighted by atomic mass is 9.97. The molecule has 0 aliphatic carbocycles. The van der Waals surface area contributed by atoms with E-state index < -0.39 is 17.9 Å². The summed E-state index contributed by atoms with van der Waals surface area (Å²) < 4.78 is 11.1. The van der Waals surface area contributed by atoms with Gasteiger partial charge in [-0.05, 0) is 45.0 Å².